The van der Waals surface area contributed by atoms with Gasteiger partial charge in [0.2, 0.25) is 5.12 Å². The fourth-order valence-corrected chi connectivity index (χ4v) is 4.30. The molecule has 3 N–H and O–H groups in total. The fourth-order valence-electron chi connectivity index (χ4n) is 3.08. The van der Waals surface area contributed by atoms with Gasteiger partial charge in [-0.25, -0.2) is 0 Å². The highest BCUT2D eigenvalue weighted by Gasteiger charge is 2.07. The SMILES string of the molecule is Cc1ccc(S(=O)(=O)O)cc1.O=C(SCCNCc1c[nH]c2ccccc12)c1ccccc1. The van der Waals surface area contributed by atoms with Crippen LogP contribution in [0.2, 0.25) is 0 Å². The normalized spacial score (nSPS) is 11.1. The molecular formula is C25H26N2O4S2. The Morgan fingerprint density at radius 1 is 0.970 bits per heavy atom. The van der Waals surface area contributed by atoms with Gasteiger partial charge in [-0.3, -0.25) is 9.35 Å². The Hall–Kier alpha value is -2.91. The van der Waals surface area contributed by atoms with Gasteiger partial charge in [0.25, 0.3) is 10.1 Å². The molecule has 172 valence electrons. The Kier molecular flexibility index (Phi) is 8.85. The minimum atomic E-state index is -4.02. The summed E-state index contributed by atoms with van der Waals surface area (Å²) in [7, 11) is -4.02. The number of carbonyl (C=O) groups excluding carboxylic acids is 1. The van der Waals surface area contributed by atoms with E-state index in [4.69, 9.17) is 4.55 Å². The van der Waals surface area contributed by atoms with Crippen LogP contribution < -0.4 is 5.32 Å². The van der Waals surface area contributed by atoms with Gasteiger partial charge < -0.3 is 10.3 Å². The first-order valence-electron chi connectivity index (χ1n) is 10.4. The number of benzene rings is 3. The summed E-state index contributed by atoms with van der Waals surface area (Å²) in [5.41, 5.74) is 4.14. The van der Waals surface area contributed by atoms with Crippen molar-refractivity contribution in [1.82, 2.24) is 10.3 Å². The maximum Gasteiger partial charge on any atom is 0.294 e. The Labute approximate surface area is 198 Å². The lowest BCUT2D eigenvalue weighted by Crippen LogP contribution is -2.17. The van der Waals surface area contributed by atoms with Crippen LogP contribution >= 0.6 is 11.8 Å². The van der Waals surface area contributed by atoms with Crippen LogP contribution in [0.25, 0.3) is 10.9 Å². The van der Waals surface area contributed by atoms with Gasteiger partial charge >= 0.3 is 0 Å². The lowest BCUT2D eigenvalue weighted by Gasteiger charge is -2.04. The number of aromatic nitrogens is 1. The fraction of sp³-hybridized carbons (Fsp3) is 0.160. The smallest absolute Gasteiger partial charge is 0.294 e. The first-order chi connectivity index (χ1) is 15.8. The highest BCUT2D eigenvalue weighted by atomic mass is 32.2. The van der Waals surface area contributed by atoms with Crippen molar-refractivity contribution in [2.45, 2.75) is 18.4 Å². The maximum absolute atomic E-state index is 11.9. The van der Waals surface area contributed by atoms with Crippen LogP contribution in [-0.4, -0.2) is 35.4 Å². The molecule has 0 unspecified atom stereocenters. The summed E-state index contributed by atoms with van der Waals surface area (Å²) >= 11 is 1.36. The summed E-state index contributed by atoms with van der Waals surface area (Å²) in [5, 5.41) is 4.78. The third-order valence-corrected chi connectivity index (χ3v) is 6.60. The average molecular weight is 483 g/mol. The molecule has 0 spiro atoms. The van der Waals surface area contributed by atoms with Crippen molar-refractivity contribution >= 4 is 37.9 Å². The van der Waals surface area contributed by atoms with Gasteiger partial charge in [0.15, 0.2) is 0 Å². The van der Waals surface area contributed by atoms with E-state index < -0.39 is 10.1 Å². The number of aryl methyl sites for hydroxylation is 1. The quantitative estimate of drug-likeness (QED) is 0.251. The van der Waals surface area contributed by atoms with E-state index in [-0.39, 0.29) is 10.0 Å². The molecule has 3 aromatic carbocycles. The Balaban J connectivity index is 0.000000235. The summed E-state index contributed by atoms with van der Waals surface area (Å²) in [6.45, 7) is 3.46. The van der Waals surface area contributed by atoms with Crippen LogP contribution in [0.3, 0.4) is 0 Å². The largest absolute Gasteiger partial charge is 0.361 e. The molecule has 0 aliphatic carbocycles. The third-order valence-electron chi connectivity index (χ3n) is 4.83. The number of para-hydroxylation sites is 1. The van der Waals surface area contributed by atoms with Crippen LogP contribution in [0.15, 0.2) is 90.0 Å². The second-order valence-electron chi connectivity index (χ2n) is 7.33. The van der Waals surface area contributed by atoms with E-state index >= 15 is 0 Å². The van der Waals surface area contributed by atoms with Crippen LogP contribution in [0.4, 0.5) is 0 Å². The molecule has 6 nitrogen and oxygen atoms in total. The van der Waals surface area contributed by atoms with Crippen LogP contribution in [0.5, 0.6) is 0 Å². The zero-order valence-corrected chi connectivity index (χ0v) is 19.8. The summed E-state index contributed by atoms with van der Waals surface area (Å²) in [6.07, 6.45) is 2.04. The molecule has 33 heavy (non-hydrogen) atoms. The van der Waals surface area contributed by atoms with E-state index in [1.165, 1.54) is 34.8 Å². The molecule has 0 bridgehead atoms. The maximum atomic E-state index is 11.9. The number of fused-ring (bicyclic) bond motifs is 1. The highest BCUT2D eigenvalue weighted by Crippen LogP contribution is 2.17. The van der Waals surface area contributed by atoms with Crippen molar-refractivity contribution in [2.24, 2.45) is 0 Å². The lowest BCUT2D eigenvalue weighted by atomic mass is 10.2. The number of hydrogen-bond donors (Lipinski definition) is 3. The molecule has 4 rings (SSSR count). The van der Waals surface area contributed by atoms with Gasteiger partial charge in [-0.05, 0) is 30.7 Å². The van der Waals surface area contributed by atoms with E-state index in [1.807, 2.05) is 55.6 Å². The van der Waals surface area contributed by atoms with Crippen molar-refractivity contribution in [3.05, 3.63) is 102 Å². The molecule has 8 heteroatoms. The van der Waals surface area contributed by atoms with E-state index in [2.05, 4.69) is 22.4 Å². The van der Waals surface area contributed by atoms with Crippen LogP contribution in [0.1, 0.15) is 21.5 Å². The lowest BCUT2D eigenvalue weighted by molar-refractivity contribution is 0.108. The van der Waals surface area contributed by atoms with E-state index in [9.17, 15) is 13.2 Å². The molecule has 4 aromatic rings. The number of thioether (sulfide) groups is 1. The van der Waals surface area contributed by atoms with Gasteiger partial charge in [0.05, 0.1) is 4.90 Å². The topological polar surface area (TPSA) is 99.3 Å². The summed E-state index contributed by atoms with van der Waals surface area (Å²) in [4.78, 5) is 15.1. The molecule has 1 heterocycles. The molecule has 0 atom stereocenters. The van der Waals surface area contributed by atoms with Gasteiger partial charge in [-0.2, -0.15) is 8.42 Å². The first-order valence-corrected chi connectivity index (χ1v) is 12.8. The van der Waals surface area contributed by atoms with Gasteiger partial charge in [0, 0.05) is 41.5 Å². The minimum Gasteiger partial charge on any atom is -0.361 e. The molecule has 0 saturated carbocycles. The highest BCUT2D eigenvalue weighted by molar-refractivity contribution is 8.14. The van der Waals surface area contributed by atoms with E-state index in [0.717, 1.165) is 35.5 Å². The predicted molar refractivity (Wildman–Crippen MR) is 134 cm³/mol. The molecule has 0 aliphatic heterocycles. The van der Waals surface area contributed by atoms with Crippen molar-refractivity contribution in [3.8, 4) is 0 Å². The predicted octanol–water partition coefficient (Wildman–Crippen LogP) is 5.07. The number of H-pyrrole nitrogens is 1. The molecule has 1 aromatic heterocycles. The van der Waals surface area contributed by atoms with Crippen molar-refractivity contribution in [3.63, 3.8) is 0 Å². The Morgan fingerprint density at radius 3 is 2.33 bits per heavy atom. The number of nitrogens with one attached hydrogen (secondary N) is 2. The molecule has 0 amide bonds. The van der Waals surface area contributed by atoms with Crippen molar-refractivity contribution in [1.29, 1.82) is 0 Å². The second kappa shape index (κ2) is 11.8. The molecule has 0 radical (unpaired) electrons. The minimum absolute atomic E-state index is 0.0666. The molecular weight excluding hydrogens is 456 g/mol. The molecule has 0 saturated heterocycles. The van der Waals surface area contributed by atoms with Gasteiger partial charge in [0.1, 0.15) is 0 Å². The number of aromatic amines is 1. The van der Waals surface area contributed by atoms with Gasteiger partial charge in [-0.15, -0.1) is 0 Å². The van der Waals surface area contributed by atoms with Crippen LogP contribution in [0, 0.1) is 6.92 Å². The first kappa shape index (κ1) is 24.7. The van der Waals surface area contributed by atoms with E-state index in [0.29, 0.717) is 0 Å². The number of hydrogen-bond acceptors (Lipinski definition) is 5. The molecule has 0 fully saturated rings. The third kappa shape index (κ3) is 7.57. The molecule has 0 aliphatic rings. The summed E-state index contributed by atoms with van der Waals surface area (Å²) in [6, 6.07) is 23.7. The zero-order valence-electron chi connectivity index (χ0n) is 18.2. The number of carbonyl (C=O) groups is 1. The van der Waals surface area contributed by atoms with Crippen molar-refractivity contribution < 1.29 is 17.8 Å². The van der Waals surface area contributed by atoms with Crippen molar-refractivity contribution in [2.75, 3.05) is 12.3 Å². The Bertz CT molecular complexity index is 1290. The number of rotatable bonds is 7. The summed E-state index contributed by atoms with van der Waals surface area (Å²) in [5.74, 6) is 0.774. The Morgan fingerprint density at radius 2 is 1.64 bits per heavy atom. The zero-order chi connectivity index (χ0) is 23.7. The second-order valence-corrected chi connectivity index (χ2v) is 9.82. The van der Waals surface area contributed by atoms with Crippen LogP contribution in [-0.2, 0) is 16.7 Å². The summed E-state index contributed by atoms with van der Waals surface area (Å²) < 4.78 is 29.6. The average Bonchev–Trinajstić information content (AvgIpc) is 3.22. The van der Waals surface area contributed by atoms with Gasteiger partial charge in [-0.1, -0.05) is 78.0 Å². The van der Waals surface area contributed by atoms with E-state index in [1.54, 1.807) is 12.1 Å². The standard InChI is InChI=1S/C18H18N2OS.C7H8O3S/c21-18(14-6-2-1-3-7-14)22-11-10-19-12-15-13-20-17-9-5-4-8-16(15)17;1-6-2-4-7(5-3-6)11(8,9)10/h1-9,13,19-20H,10-12H2;2-5H,1H3,(H,8,9,10). The monoisotopic (exact) mass is 482 g/mol.